The van der Waals surface area contributed by atoms with Gasteiger partial charge in [0.1, 0.15) is 24.0 Å². The van der Waals surface area contributed by atoms with Gasteiger partial charge in [-0.1, -0.05) is 12.1 Å². The van der Waals surface area contributed by atoms with Gasteiger partial charge >= 0.3 is 0 Å². The maximum absolute atomic E-state index is 12.9. The monoisotopic (exact) mass is 330 g/mol. The molecule has 0 saturated carbocycles. The van der Waals surface area contributed by atoms with Crippen LogP contribution in [0.15, 0.2) is 41.3 Å². The second kappa shape index (κ2) is 6.46. The van der Waals surface area contributed by atoms with E-state index >= 15 is 0 Å². The van der Waals surface area contributed by atoms with E-state index in [0.29, 0.717) is 17.0 Å². The van der Waals surface area contributed by atoms with Crippen LogP contribution in [0.3, 0.4) is 0 Å². The number of aliphatic hydroxyl groups excluding tert-OH is 1. The molecule has 0 bridgehead atoms. The summed E-state index contributed by atoms with van der Waals surface area (Å²) < 4.78 is 6.65. The molecule has 7 nitrogen and oxygen atoms in total. The van der Waals surface area contributed by atoms with E-state index in [4.69, 9.17) is 9.57 Å². The lowest BCUT2D eigenvalue weighted by Gasteiger charge is -2.17. The fraction of sp³-hybridized carbons (Fsp3) is 0.294. The average molecular weight is 330 g/mol. The third-order valence-corrected chi connectivity index (χ3v) is 3.89. The van der Waals surface area contributed by atoms with E-state index in [9.17, 15) is 14.7 Å². The van der Waals surface area contributed by atoms with Crippen molar-refractivity contribution in [1.82, 2.24) is 9.63 Å². The predicted molar refractivity (Wildman–Crippen MR) is 86.3 cm³/mol. The minimum Gasteiger partial charge on any atom is -0.495 e. The molecular formula is C17H18N2O5. The van der Waals surface area contributed by atoms with Gasteiger partial charge in [-0.05, 0) is 30.7 Å². The summed E-state index contributed by atoms with van der Waals surface area (Å²) in [6.45, 7) is 1.77. The Morgan fingerprint density at radius 3 is 2.75 bits per heavy atom. The third kappa shape index (κ3) is 2.79. The predicted octanol–water partition coefficient (Wildman–Crippen LogP) is 0.903. The molecule has 7 heteroatoms. The zero-order valence-corrected chi connectivity index (χ0v) is 13.4. The Morgan fingerprint density at radius 2 is 2.08 bits per heavy atom. The van der Waals surface area contributed by atoms with Crippen LogP contribution in [0.5, 0.6) is 5.75 Å². The van der Waals surface area contributed by atoms with Gasteiger partial charge in [-0.15, -0.1) is 0 Å². The van der Waals surface area contributed by atoms with E-state index < -0.39 is 17.6 Å². The van der Waals surface area contributed by atoms with Crippen LogP contribution >= 0.6 is 0 Å². The Kier molecular flexibility index (Phi) is 4.37. The maximum atomic E-state index is 12.9. The number of amides is 1. The van der Waals surface area contributed by atoms with Crippen LogP contribution in [0.25, 0.3) is 5.69 Å². The highest BCUT2D eigenvalue weighted by Gasteiger charge is 2.30. The van der Waals surface area contributed by atoms with Crippen molar-refractivity contribution in [3.63, 3.8) is 0 Å². The first-order chi connectivity index (χ1) is 11.5. The average Bonchev–Trinajstić information content (AvgIpc) is 3.01. The van der Waals surface area contributed by atoms with Gasteiger partial charge in [-0.25, -0.2) is 5.06 Å². The van der Waals surface area contributed by atoms with Crippen LogP contribution in [0, 0.1) is 6.92 Å². The normalized spacial score (nSPS) is 17.1. The number of methoxy groups -OCH3 is 1. The molecule has 2 aromatic rings. The summed E-state index contributed by atoms with van der Waals surface area (Å²) in [5.74, 6) is -0.0343. The van der Waals surface area contributed by atoms with Crippen LogP contribution in [-0.4, -0.2) is 47.0 Å². The number of carbonyl (C=O) groups excluding carboxylic acids is 1. The number of carbonyl (C=O) groups is 1. The number of nitrogens with zero attached hydrogens (tertiary/aromatic N) is 2. The van der Waals surface area contributed by atoms with Crippen molar-refractivity contribution in [2.75, 3.05) is 20.3 Å². The van der Waals surface area contributed by atoms with Crippen molar-refractivity contribution >= 4 is 5.91 Å². The molecule has 0 radical (unpaired) electrons. The number of hydrogen-bond donors (Lipinski definition) is 1. The summed E-state index contributed by atoms with van der Waals surface area (Å²) in [7, 11) is 1.52. The van der Waals surface area contributed by atoms with Gasteiger partial charge in [0, 0.05) is 6.20 Å². The van der Waals surface area contributed by atoms with Crippen molar-refractivity contribution in [3.05, 3.63) is 58.0 Å². The van der Waals surface area contributed by atoms with Crippen molar-refractivity contribution in [2.24, 2.45) is 0 Å². The molecule has 1 aliphatic heterocycles. The zero-order valence-electron chi connectivity index (χ0n) is 13.4. The van der Waals surface area contributed by atoms with Gasteiger partial charge in [0.05, 0.1) is 19.3 Å². The van der Waals surface area contributed by atoms with Crippen molar-refractivity contribution in [3.8, 4) is 11.4 Å². The van der Waals surface area contributed by atoms with Gasteiger partial charge in [-0.2, -0.15) is 0 Å². The fourth-order valence-electron chi connectivity index (χ4n) is 2.64. The molecule has 126 valence electrons. The van der Waals surface area contributed by atoms with Crippen molar-refractivity contribution in [2.45, 2.75) is 13.0 Å². The molecule has 1 aromatic heterocycles. The van der Waals surface area contributed by atoms with E-state index in [1.165, 1.54) is 11.7 Å². The Hall–Kier alpha value is -2.64. The van der Waals surface area contributed by atoms with Crippen LogP contribution in [0.4, 0.5) is 0 Å². The largest absolute Gasteiger partial charge is 0.495 e. The second-order valence-corrected chi connectivity index (χ2v) is 5.54. The van der Waals surface area contributed by atoms with Gasteiger partial charge < -0.3 is 9.84 Å². The molecule has 1 saturated heterocycles. The molecule has 1 unspecified atom stereocenters. The first-order valence-corrected chi connectivity index (χ1v) is 7.51. The molecule has 1 amide bonds. The lowest BCUT2D eigenvalue weighted by Crippen LogP contribution is -2.35. The molecule has 0 spiro atoms. The summed E-state index contributed by atoms with van der Waals surface area (Å²) in [5.41, 5.74) is 0.634. The maximum Gasteiger partial charge on any atom is 0.283 e. The second-order valence-electron chi connectivity index (χ2n) is 5.54. The zero-order chi connectivity index (χ0) is 17.3. The molecule has 1 atom stereocenters. The highest BCUT2D eigenvalue weighted by atomic mass is 16.7. The Labute approximate surface area is 138 Å². The molecule has 1 aromatic carbocycles. The molecule has 2 heterocycles. The number of hydrogen-bond acceptors (Lipinski definition) is 5. The number of hydroxylamine groups is 2. The summed E-state index contributed by atoms with van der Waals surface area (Å²) in [4.78, 5) is 30.6. The fourth-order valence-corrected chi connectivity index (χ4v) is 2.64. The Balaban J connectivity index is 2.09. The number of benzene rings is 1. The van der Waals surface area contributed by atoms with E-state index in [-0.39, 0.29) is 18.7 Å². The van der Waals surface area contributed by atoms with Crippen molar-refractivity contribution in [1.29, 1.82) is 0 Å². The number of aliphatic hydroxyl groups is 1. The van der Waals surface area contributed by atoms with Gasteiger partial charge in [0.25, 0.3) is 11.5 Å². The highest BCUT2D eigenvalue weighted by Crippen LogP contribution is 2.21. The molecule has 1 fully saturated rings. The van der Waals surface area contributed by atoms with Crippen LogP contribution < -0.4 is 10.3 Å². The lowest BCUT2D eigenvalue weighted by atomic mass is 10.1. The SMILES string of the molecule is COc1ccccc1-n1ccc(C)c(C(=O)N2CC(O)CO2)c1=O. The van der Waals surface area contributed by atoms with Crippen LogP contribution in [-0.2, 0) is 4.84 Å². The minimum absolute atomic E-state index is 0.0116. The Bertz CT molecular complexity index is 830. The van der Waals surface area contributed by atoms with E-state index in [0.717, 1.165) is 5.06 Å². The first kappa shape index (κ1) is 16.2. The molecule has 1 N–H and O–H groups in total. The summed E-state index contributed by atoms with van der Waals surface area (Å²) in [6, 6.07) is 8.75. The Morgan fingerprint density at radius 1 is 1.33 bits per heavy atom. The number of pyridine rings is 1. The van der Waals surface area contributed by atoms with Crippen LogP contribution in [0.2, 0.25) is 0 Å². The highest BCUT2D eigenvalue weighted by molar-refractivity contribution is 5.94. The van der Waals surface area contributed by atoms with Gasteiger partial charge in [-0.3, -0.25) is 19.0 Å². The molecule has 3 rings (SSSR count). The lowest BCUT2D eigenvalue weighted by molar-refractivity contribution is -0.0781. The van der Waals surface area contributed by atoms with E-state index in [2.05, 4.69) is 0 Å². The molecular weight excluding hydrogens is 312 g/mol. The van der Waals surface area contributed by atoms with Gasteiger partial charge in [0.2, 0.25) is 0 Å². The van der Waals surface area contributed by atoms with E-state index in [1.54, 1.807) is 43.5 Å². The van der Waals surface area contributed by atoms with E-state index in [1.807, 2.05) is 0 Å². The quantitative estimate of drug-likeness (QED) is 0.904. The topological polar surface area (TPSA) is 81.0 Å². The number of ether oxygens (including phenoxy) is 1. The summed E-state index contributed by atoms with van der Waals surface area (Å²) in [6.07, 6.45) is 0.862. The summed E-state index contributed by atoms with van der Waals surface area (Å²) in [5, 5.41) is 10.5. The number of rotatable bonds is 3. The minimum atomic E-state index is -0.741. The number of aromatic nitrogens is 1. The molecule has 0 aliphatic carbocycles. The smallest absolute Gasteiger partial charge is 0.283 e. The first-order valence-electron chi connectivity index (χ1n) is 7.51. The van der Waals surface area contributed by atoms with Gasteiger partial charge in [0.15, 0.2) is 0 Å². The number of para-hydroxylation sites is 2. The molecule has 24 heavy (non-hydrogen) atoms. The third-order valence-electron chi connectivity index (χ3n) is 3.89. The van der Waals surface area contributed by atoms with Crippen LogP contribution in [0.1, 0.15) is 15.9 Å². The molecule has 1 aliphatic rings. The number of β-amino-alcohol motifs (C(OH)–C–C–N with tert-alkyl or cyclic N) is 1. The van der Waals surface area contributed by atoms with Crippen molar-refractivity contribution < 1.29 is 19.5 Å². The number of aryl methyl sites for hydroxylation is 1. The standard InChI is InChI=1S/C17H18N2O5/c1-11-7-8-18(13-5-3-4-6-14(13)23-2)16(21)15(11)17(22)19-9-12(20)10-24-19/h3-8,12,20H,9-10H2,1-2H3. The summed E-state index contributed by atoms with van der Waals surface area (Å²) >= 11 is 0.